The highest BCUT2D eigenvalue weighted by Crippen LogP contribution is 2.40. The molecule has 2 aliphatic rings. The van der Waals surface area contributed by atoms with Crippen LogP contribution in [0.3, 0.4) is 0 Å². The Morgan fingerprint density at radius 1 is 1.17 bits per heavy atom. The van der Waals surface area contributed by atoms with Gasteiger partial charge in [0.1, 0.15) is 11.6 Å². The average molecular weight is 582 g/mol. The lowest BCUT2D eigenvalue weighted by atomic mass is 9.93. The van der Waals surface area contributed by atoms with E-state index in [9.17, 15) is 14.7 Å². The largest absolute Gasteiger partial charge is 0.465 e. The van der Waals surface area contributed by atoms with E-state index >= 15 is 8.78 Å². The van der Waals surface area contributed by atoms with E-state index in [1.807, 2.05) is 0 Å². The third-order valence-corrected chi connectivity index (χ3v) is 7.78. The van der Waals surface area contributed by atoms with Crippen LogP contribution in [0.4, 0.5) is 19.4 Å². The van der Waals surface area contributed by atoms with Crippen molar-refractivity contribution < 1.29 is 32.6 Å². The molecule has 0 aliphatic carbocycles. The number of carbonyl (C=O) groups excluding carboxylic acids is 1. The summed E-state index contributed by atoms with van der Waals surface area (Å²) in [7, 11) is 1.50. The Balaban J connectivity index is 1.42. The number of carboxylic acid groups (broad SMARTS) is 1. The minimum atomic E-state index is -1.92. The summed E-state index contributed by atoms with van der Waals surface area (Å²) in [6, 6.07) is 2.88. The number of hydrogen-bond donors (Lipinski definition) is 3. The number of aryl methyl sites for hydroxylation is 1. The molecule has 4 aromatic rings. The van der Waals surface area contributed by atoms with Gasteiger partial charge in [-0.3, -0.25) is 4.79 Å². The lowest BCUT2D eigenvalue weighted by Crippen LogP contribution is -2.42. The molecule has 12 nitrogen and oxygen atoms in total. The van der Waals surface area contributed by atoms with Gasteiger partial charge < -0.3 is 29.8 Å². The molecule has 5 heterocycles. The molecule has 3 aromatic heterocycles. The predicted molar refractivity (Wildman–Crippen MR) is 146 cm³/mol. The fraction of sp³-hybridized carbons (Fsp3) is 0.393. The number of rotatable bonds is 6. The van der Waals surface area contributed by atoms with Crippen molar-refractivity contribution >= 4 is 23.5 Å². The van der Waals surface area contributed by atoms with Crippen molar-refractivity contribution in [3.63, 3.8) is 0 Å². The smallest absolute Gasteiger partial charge is 0.407 e. The normalized spacial score (nSPS) is 18.4. The van der Waals surface area contributed by atoms with Crippen molar-refractivity contribution in [2.45, 2.75) is 37.9 Å². The molecule has 2 aliphatic heterocycles. The van der Waals surface area contributed by atoms with Gasteiger partial charge in [0.25, 0.3) is 5.91 Å². The lowest BCUT2D eigenvalue weighted by molar-refractivity contribution is 0.0350. The van der Waals surface area contributed by atoms with Crippen molar-refractivity contribution in [3.05, 3.63) is 53.6 Å². The van der Waals surface area contributed by atoms with Gasteiger partial charge in [-0.1, -0.05) is 0 Å². The predicted octanol–water partition coefficient (Wildman–Crippen LogP) is 4.00. The Morgan fingerprint density at radius 2 is 1.95 bits per heavy atom. The van der Waals surface area contributed by atoms with Crippen LogP contribution >= 0.6 is 0 Å². The molecule has 1 aromatic carbocycles. The van der Waals surface area contributed by atoms with E-state index in [1.165, 1.54) is 36.1 Å². The Bertz CT molecular complexity index is 1670. The van der Waals surface area contributed by atoms with Crippen molar-refractivity contribution in [1.82, 2.24) is 29.8 Å². The summed E-state index contributed by atoms with van der Waals surface area (Å²) in [6.45, 7) is 2.67. The summed E-state index contributed by atoms with van der Waals surface area (Å²) < 4.78 is 44.1. The number of ether oxygens (including phenoxy) is 1. The van der Waals surface area contributed by atoms with Crippen LogP contribution in [0.25, 0.3) is 28.1 Å². The molecule has 0 unspecified atom stereocenters. The van der Waals surface area contributed by atoms with Gasteiger partial charge in [0, 0.05) is 62.5 Å². The second-order valence-corrected chi connectivity index (χ2v) is 10.5. The van der Waals surface area contributed by atoms with Crippen molar-refractivity contribution in [2.24, 2.45) is 0 Å². The number of anilines is 1. The maximum Gasteiger partial charge on any atom is 0.407 e. The Kier molecular flexibility index (Phi) is 7.01. The minimum absolute atomic E-state index is 0.0265. The van der Waals surface area contributed by atoms with Gasteiger partial charge in [0.05, 0.1) is 30.6 Å². The van der Waals surface area contributed by atoms with E-state index in [1.54, 1.807) is 13.1 Å². The van der Waals surface area contributed by atoms with E-state index in [0.29, 0.717) is 46.9 Å². The molecular formula is C28H29F2N7O5. The van der Waals surface area contributed by atoms with Crippen LogP contribution in [0.2, 0.25) is 0 Å². The molecule has 2 saturated heterocycles. The van der Waals surface area contributed by atoms with E-state index in [4.69, 9.17) is 14.1 Å². The van der Waals surface area contributed by atoms with E-state index in [0.717, 1.165) is 11.3 Å². The maximum absolute atomic E-state index is 15.8. The molecule has 0 spiro atoms. The zero-order valence-electron chi connectivity index (χ0n) is 23.0. The van der Waals surface area contributed by atoms with E-state index < -0.39 is 17.6 Å². The van der Waals surface area contributed by atoms with Crippen LogP contribution < -0.4 is 10.6 Å². The van der Waals surface area contributed by atoms with Gasteiger partial charge in [-0.15, -0.1) is 0 Å². The molecule has 2 fully saturated rings. The van der Waals surface area contributed by atoms with Crippen LogP contribution in [-0.4, -0.2) is 81.0 Å². The molecule has 1 atom stereocenters. The van der Waals surface area contributed by atoms with Crippen molar-refractivity contribution in [1.29, 1.82) is 0 Å². The Labute approximate surface area is 238 Å². The fourth-order valence-electron chi connectivity index (χ4n) is 5.35. The number of amides is 2. The molecule has 2 amide bonds. The molecule has 0 radical (unpaired) electrons. The number of benzene rings is 1. The van der Waals surface area contributed by atoms with E-state index in [2.05, 4.69) is 20.7 Å². The number of nitrogens with zero attached hydrogens (tertiary/aromatic N) is 5. The topological polar surface area (TPSA) is 147 Å². The van der Waals surface area contributed by atoms with Crippen molar-refractivity contribution in [3.8, 4) is 22.5 Å². The average Bonchev–Trinajstić information content (AvgIpc) is 3.76. The summed E-state index contributed by atoms with van der Waals surface area (Å²) in [5.74, 6) is -0.364. The van der Waals surface area contributed by atoms with Gasteiger partial charge in [-0.25, -0.2) is 28.1 Å². The summed E-state index contributed by atoms with van der Waals surface area (Å²) in [5.41, 5.74) is 0.0104. The Hall–Kier alpha value is -4.59. The van der Waals surface area contributed by atoms with Crippen LogP contribution in [-0.2, 0) is 10.4 Å². The highest BCUT2D eigenvalue weighted by molar-refractivity contribution is 5.96. The maximum atomic E-state index is 15.8. The number of piperidine rings is 1. The number of carbonyl (C=O) groups is 2. The first-order valence-electron chi connectivity index (χ1n) is 13.6. The third kappa shape index (κ3) is 4.91. The zero-order valence-corrected chi connectivity index (χ0v) is 23.0. The minimum Gasteiger partial charge on any atom is -0.465 e. The van der Waals surface area contributed by atoms with E-state index in [-0.39, 0.29) is 55.1 Å². The molecule has 0 bridgehead atoms. The summed E-state index contributed by atoms with van der Waals surface area (Å²) in [4.78, 5) is 33.8. The molecular weight excluding hydrogens is 552 g/mol. The number of likely N-dealkylation sites (tertiary alicyclic amines) is 1. The van der Waals surface area contributed by atoms with Crippen LogP contribution in [0, 0.1) is 12.7 Å². The monoisotopic (exact) mass is 581 g/mol. The van der Waals surface area contributed by atoms with Gasteiger partial charge in [-0.05, 0) is 31.0 Å². The van der Waals surface area contributed by atoms with Gasteiger partial charge in [0.15, 0.2) is 17.1 Å². The number of halogens is 2. The molecule has 42 heavy (non-hydrogen) atoms. The SMILES string of the molecule is CNC(=O)c1cc(C)c(F)c(-c2cnn3cc(-c4cnc(C5(F)CCN(C(=O)O)CC5)o4)c(N[C@H]4CCOC4)nc23)c1. The molecule has 220 valence electrons. The number of fused-ring (bicyclic) bond motifs is 1. The first-order valence-corrected chi connectivity index (χ1v) is 13.6. The molecule has 6 rings (SSSR count). The van der Waals surface area contributed by atoms with Gasteiger partial charge in [0.2, 0.25) is 5.89 Å². The van der Waals surface area contributed by atoms with Crippen LogP contribution in [0.15, 0.2) is 35.1 Å². The van der Waals surface area contributed by atoms with Gasteiger partial charge in [-0.2, -0.15) is 5.10 Å². The standard InChI is InChI=1S/C28H29F2N7O5/c1-15-9-16(25(38)31-2)10-18(22(15)29)19-11-33-37-13-20(23(35-24(19)37)34-17-3-8-41-14-17)21-12-32-26(42-21)28(30)4-6-36(7-5-28)27(39)40/h9-13,17H,3-8,14H2,1-2H3,(H,31,38)(H,34,35)(H,39,40)/t17-/m0/s1. The van der Waals surface area contributed by atoms with Crippen LogP contribution in [0.1, 0.15) is 41.1 Å². The molecule has 3 N–H and O–H groups in total. The summed E-state index contributed by atoms with van der Waals surface area (Å²) in [6.07, 6.45) is 3.99. The van der Waals surface area contributed by atoms with Crippen molar-refractivity contribution in [2.75, 3.05) is 38.7 Å². The first-order chi connectivity index (χ1) is 20.2. The first kappa shape index (κ1) is 27.6. The second kappa shape index (κ2) is 10.7. The molecule has 14 heteroatoms. The molecule has 0 saturated carbocycles. The zero-order chi connectivity index (χ0) is 29.6. The number of oxazole rings is 1. The number of aromatic nitrogens is 4. The number of hydrogen-bond acceptors (Lipinski definition) is 8. The highest BCUT2D eigenvalue weighted by atomic mass is 19.1. The van der Waals surface area contributed by atoms with Crippen LogP contribution in [0.5, 0.6) is 0 Å². The third-order valence-electron chi connectivity index (χ3n) is 7.78. The number of nitrogens with one attached hydrogen (secondary N) is 2. The Morgan fingerprint density at radius 3 is 2.64 bits per heavy atom. The van der Waals surface area contributed by atoms with Gasteiger partial charge >= 0.3 is 6.09 Å². The lowest BCUT2D eigenvalue weighted by Gasteiger charge is -2.32. The second-order valence-electron chi connectivity index (χ2n) is 10.5. The quantitative estimate of drug-likeness (QED) is 0.307. The summed E-state index contributed by atoms with van der Waals surface area (Å²) >= 11 is 0. The summed E-state index contributed by atoms with van der Waals surface area (Å²) in [5, 5.41) is 19.5. The highest BCUT2D eigenvalue weighted by Gasteiger charge is 2.42. The fourth-order valence-corrected chi connectivity index (χ4v) is 5.35. The number of alkyl halides is 1.